The summed E-state index contributed by atoms with van der Waals surface area (Å²) in [5.74, 6) is 0. The molecule has 1 heterocycles. The SMILES string of the molecule is CCCCCCNC(=O)OCCc1cccs1. The highest BCUT2D eigenvalue weighted by molar-refractivity contribution is 7.09. The van der Waals surface area contributed by atoms with E-state index in [4.69, 9.17) is 4.74 Å². The molecule has 0 aromatic carbocycles. The molecule has 1 amide bonds. The zero-order chi connectivity index (χ0) is 12.3. The van der Waals surface area contributed by atoms with Gasteiger partial charge in [-0.25, -0.2) is 4.79 Å². The predicted octanol–water partition coefficient (Wildman–Crippen LogP) is 3.60. The van der Waals surface area contributed by atoms with Gasteiger partial charge in [0.15, 0.2) is 0 Å². The van der Waals surface area contributed by atoms with Crippen molar-refractivity contribution in [2.75, 3.05) is 13.2 Å². The Morgan fingerprint density at radius 3 is 3.00 bits per heavy atom. The molecule has 0 saturated carbocycles. The van der Waals surface area contributed by atoms with Crippen LogP contribution in [0.2, 0.25) is 0 Å². The summed E-state index contributed by atoms with van der Waals surface area (Å²) in [5, 5.41) is 4.79. The monoisotopic (exact) mass is 255 g/mol. The van der Waals surface area contributed by atoms with Gasteiger partial charge in [-0.2, -0.15) is 0 Å². The summed E-state index contributed by atoms with van der Waals surface area (Å²) in [6, 6.07) is 4.06. The summed E-state index contributed by atoms with van der Waals surface area (Å²) >= 11 is 1.69. The van der Waals surface area contributed by atoms with Crippen LogP contribution in [0.3, 0.4) is 0 Å². The number of ether oxygens (including phenoxy) is 1. The molecule has 1 rings (SSSR count). The van der Waals surface area contributed by atoms with Crippen molar-refractivity contribution in [3.05, 3.63) is 22.4 Å². The van der Waals surface area contributed by atoms with Crippen LogP contribution in [0.25, 0.3) is 0 Å². The maximum Gasteiger partial charge on any atom is 0.407 e. The summed E-state index contributed by atoms with van der Waals surface area (Å²) in [6.45, 7) is 3.35. The number of carbonyl (C=O) groups excluding carboxylic acids is 1. The van der Waals surface area contributed by atoms with Crippen LogP contribution >= 0.6 is 11.3 Å². The molecule has 1 aromatic rings. The fraction of sp³-hybridized carbons (Fsp3) is 0.615. The third-order valence-electron chi connectivity index (χ3n) is 2.46. The van der Waals surface area contributed by atoms with Crippen LogP contribution in [0.15, 0.2) is 17.5 Å². The average molecular weight is 255 g/mol. The van der Waals surface area contributed by atoms with Gasteiger partial charge in [0, 0.05) is 17.8 Å². The van der Waals surface area contributed by atoms with Crippen LogP contribution in [0.5, 0.6) is 0 Å². The molecule has 0 bridgehead atoms. The fourth-order valence-electron chi connectivity index (χ4n) is 1.49. The summed E-state index contributed by atoms with van der Waals surface area (Å²) in [4.78, 5) is 12.5. The number of alkyl carbamates (subject to hydrolysis) is 1. The minimum Gasteiger partial charge on any atom is -0.449 e. The third-order valence-corrected chi connectivity index (χ3v) is 3.40. The largest absolute Gasteiger partial charge is 0.449 e. The highest BCUT2D eigenvalue weighted by Crippen LogP contribution is 2.08. The number of hydrogen-bond acceptors (Lipinski definition) is 3. The molecule has 0 radical (unpaired) electrons. The summed E-state index contributed by atoms with van der Waals surface area (Å²) in [5.41, 5.74) is 0. The lowest BCUT2D eigenvalue weighted by atomic mass is 10.2. The number of carbonyl (C=O) groups is 1. The molecule has 17 heavy (non-hydrogen) atoms. The smallest absolute Gasteiger partial charge is 0.407 e. The van der Waals surface area contributed by atoms with E-state index >= 15 is 0 Å². The second kappa shape index (κ2) is 9.05. The van der Waals surface area contributed by atoms with E-state index in [1.165, 1.54) is 24.1 Å². The van der Waals surface area contributed by atoms with E-state index in [1.54, 1.807) is 11.3 Å². The van der Waals surface area contributed by atoms with Gasteiger partial charge in [0.25, 0.3) is 0 Å². The quantitative estimate of drug-likeness (QED) is 0.721. The molecule has 4 heteroatoms. The van der Waals surface area contributed by atoms with Gasteiger partial charge in [0.05, 0.1) is 6.61 Å². The van der Waals surface area contributed by atoms with Crippen LogP contribution in [-0.4, -0.2) is 19.2 Å². The van der Waals surface area contributed by atoms with Gasteiger partial charge in [-0.15, -0.1) is 11.3 Å². The maximum absolute atomic E-state index is 11.3. The van der Waals surface area contributed by atoms with Gasteiger partial charge < -0.3 is 10.1 Å². The zero-order valence-electron chi connectivity index (χ0n) is 10.4. The normalized spacial score (nSPS) is 10.2. The van der Waals surface area contributed by atoms with Gasteiger partial charge in [-0.1, -0.05) is 32.3 Å². The molecule has 0 aliphatic carbocycles. The van der Waals surface area contributed by atoms with E-state index in [1.807, 2.05) is 11.4 Å². The van der Waals surface area contributed by atoms with E-state index < -0.39 is 0 Å². The van der Waals surface area contributed by atoms with Gasteiger partial charge in [-0.05, 0) is 17.9 Å². The average Bonchev–Trinajstić information content (AvgIpc) is 2.82. The summed E-state index contributed by atoms with van der Waals surface area (Å²) in [7, 11) is 0. The third kappa shape index (κ3) is 7.00. The lowest BCUT2D eigenvalue weighted by Gasteiger charge is -2.06. The Labute approximate surface area is 107 Å². The van der Waals surface area contributed by atoms with E-state index in [2.05, 4.69) is 18.3 Å². The minimum absolute atomic E-state index is 0.293. The van der Waals surface area contributed by atoms with E-state index in [-0.39, 0.29) is 6.09 Å². The van der Waals surface area contributed by atoms with Gasteiger partial charge >= 0.3 is 6.09 Å². The van der Waals surface area contributed by atoms with Crippen molar-refractivity contribution < 1.29 is 9.53 Å². The topological polar surface area (TPSA) is 38.3 Å². The minimum atomic E-state index is -0.293. The van der Waals surface area contributed by atoms with Crippen LogP contribution in [0.4, 0.5) is 4.79 Å². The molecule has 1 aromatic heterocycles. The molecule has 0 aliphatic rings. The highest BCUT2D eigenvalue weighted by Gasteiger charge is 2.01. The molecule has 0 fully saturated rings. The first-order valence-corrected chi connectivity index (χ1v) is 7.14. The molecule has 3 nitrogen and oxygen atoms in total. The molecule has 0 aliphatic heterocycles. The van der Waals surface area contributed by atoms with E-state index in [0.29, 0.717) is 6.61 Å². The predicted molar refractivity (Wildman–Crippen MR) is 71.5 cm³/mol. The lowest BCUT2D eigenvalue weighted by Crippen LogP contribution is -2.25. The van der Waals surface area contributed by atoms with Crippen LogP contribution in [0, 0.1) is 0 Å². The van der Waals surface area contributed by atoms with Crippen molar-refractivity contribution in [3.8, 4) is 0 Å². The van der Waals surface area contributed by atoms with Crippen molar-refractivity contribution in [1.29, 1.82) is 0 Å². The number of thiophene rings is 1. The molecule has 0 spiro atoms. The Balaban J connectivity index is 1.94. The van der Waals surface area contributed by atoms with Gasteiger partial charge in [0.1, 0.15) is 0 Å². The Bertz CT molecular complexity index is 298. The van der Waals surface area contributed by atoms with Gasteiger partial charge in [0.2, 0.25) is 0 Å². The Morgan fingerprint density at radius 1 is 1.41 bits per heavy atom. The lowest BCUT2D eigenvalue weighted by molar-refractivity contribution is 0.147. The number of amides is 1. The summed E-state index contributed by atoms with van der Waals surface area (Å²) in [6.07, 6.45) is 5.17. The molecular formula is C13H21NO2S. The maximum atomic E-state index is 11.3. The van der Waals surface area contributed by atoms with Crippen molar-refractivity contribution in [3.63, 3.8) is 0 Å². The molecule has 0 saturated heterocycles. The standard InChI is InChI=1S/C13H21NO2S/c1-2-3-4-5-9-14-13(15)16-10-8-12-7-6-11-17-12/h6-7,11H,2-5,8-10H2,1H3,(H,14,15). The Morgan fingerprint density at radius 2 is 2.29 bits per heavy atom. The molecular weight excluding hydrogens is 234 g/mol. The van der Waals surface area contributed by atoms with Crippen LogP contribution < -0.4 is 5.32 Å². The van der Waals surface area contributed by atoms with Crippen molar-refractivity contribution >= 4 is 17.4 Å². The van der Waals surface area contributed by atoms with Crippen molar-refractivity contribution in [2.45, 2.75) is 39.0 Å². The Kier molecular flexibility index (Phi) is 7.47. The van der Waals surface area contributed by atoms with Crippen molar-refractivity contribution in [1.82, 2.24) is 5.32 Å². The number of rotatable bonds is 8. The number of nitrogens with one attached hydrogen (secondary N) is 1. The molecule has 0 atom stereocenters. The number of hydrogen-bond donors (Lipinski definition) is 1. The highest BCUT2D eigenvalue weighted by atomic mass is 32.1. The zero-order valence-corrected chi connectivity index (χ0v) is 11.2. The first-order valence-electron chi connectivity index (χ1n) is 6.26. The first-order chi connectivity index (χ1) is 8.33. The second-order valence-electron chi connectivity index (χ2n) is 3.95. The van der Waals surface area contributed by atoms with Crippen molar-refractivity contribution in [2.24, 2.45) is 0 Å². The van der Waals surface area contributed by atoms with E-state index in [0.717, 1.165) is 19.4 Å². The first kappa shape index (κ1) is 14.0. The second-order valence-corrected chi connectivity index (χ2v) is 4.98. The summed E-state index contributed by atoms with van der Waals surface area (Å²) < 4.78 is 5.08. The molecule has 1 N–H and O–H groups in total. The van der Waals surface area contributed by atoms with E-state index in [9.17, 15) is 4.79 Å². The van der Waals surface area contributed by atoms with Crippen LogP contribution in [-0.2, 0) is 11.2 Å². The number of unbranched alkanes of at least 4 members (excludes halogenated alkanes) is 3. The van der Waals surface area contributed by atoms with Crippen LogP contribution in [0.1, 0.15) is 37.5 Å². The van der Waals surface area contributed by atoms with Gasteiger partial charge in [-0.3, -0.25) is 0 Å². The Hall–Kier alpha value is -1.03. The molecule has 96 valence electrons. The fourth-order valence-corrected chi connectivity index (χ4v) is 2.18. The molecule has 0 unspecified atom stereocenters.